The molecule has 0 atom stereocenters. The predicted molar refractivity (Wildman–Crippen MR) is 132 cm³/mol. The van der Waals surface area contributed by atoms with Gasteiger partial charge in [-0.1, -0.05) is 0 Å². The molecule has 0 bridgehead atoms. The number of phenolic OH excluding ortho intramolecular Hbond substituents is 1. The zero-order valence-electron chi connectivity index (χ0n) is 20.9. The Kier molecular flexibility index (Phi) is 7.70. The lowest BCUT2D eigenvalue weighted by Crippen LogP contribution is -2.38. The molecule has 0 radical (unpaired) electrons. The summed E-state index contributed by atoms with van der Waals surface area (Å²) in [5.41, 5.74) is -2.13. The Hall–Kier alpha value is -5.01. The fourth-order valence-electron chi connectivity index (χ4n) is 3.82. The highest BCUT2D eigenvalue weighted by Crippen LogP contribution is 2.39. The highest BCUT2D eigenvalue weighted by Gasteiger charge is 2.37. The number of aromatic hydroxyl groups is 1. The van der Waals surface area contributed by atoms with Crippen molar-refractivity contribution in [2.24, 2.45) is 0 Å². The van der Waals surface area contributed by atoms with Crippen LogP contribution in [0, 0.1) is 5.82 Å². The lowest BCUT2D eigenvalue weighted by molar-refractivity contribution is -0.139. The van der Waals surface area contributed by atoms with Gasteiger partial charge in [0.15, 0.2) is 11.6 Å². The van der Waals surface area contributed by atoms with Crippen LogP contribution in [0.2, 0.25) is 0 Å². The summed E-state index contributed by atoms with van der Waals surface area (Å²) in [6, 6.07) is 6.58. The van der Waals surface area contributed by atoms with Crippen molar-refractivity contribution in [2.75, 3.05) is 4.90 Å². The van der Waals surface area contributed by atoms with Crippen molar-refractivity contribution in [3.05, 3.63) is 89.1 Å². The van der Waals surface area contributed by atoms with Gasteiger partial charge in [0.25, 0.3) is 5.91 Å². The van der Waals surface area contributed by atoms with Gasteiger partial charge in [-0.15, -0.1) is 0 Å². The van der Waals surface area contributed by atoms with Crippen LogP contribution in [0.5, 0.6) is 17.4 Å². The number of halogens is 4. The van der Waals surface area contributed by atoms with E-state index in [0.29, 0.717) is 12.1 Å². The van der Waals surface area contributed by atoms with E-state index in [1.165, 1.54) is 36.7 Å². The maximum absolute atomic E-state index is 15.3. The molecule has 2 N–H and O–H groups in total. The van der Waals surface area contributed by atoms with E-state index in [4.69, 9.17) is 4.74 Å². The van der Waals surface area contributed by atoms with Crippen molar-refractivity contribution in [3.8, 4) is 17.4 Å². The largest absolute Gasteiger partial charge is 0.508 e. The molecule has 0 fully saturated rings. The summed E-state index contributed by atoms with van der Waals surface area (Å²) < 4.78 is 62.0. The average molecular weight is 559 g/mol. The molecule has 0 saturated heterocycles. The molecule has 2 aromatic carbocycles. The monoisotopic (exact) mass is 559 g/mol. The quantitative estimate of drug-likeness (QED) is 0.284. The summed E-state index contributed by atoms with van der Waals surface area (Å²) in [7, 11) is 0. The topological polar surface area (TPSA) is 131 Å². The maximum Gasteiger partial charge on any atom is 0.421 e. The second-order valence-electron chi connectivity index (χ2n) is 8.78. The van der Waals surface area contributed by atoms with Crippen LogP contribution < -0.4 is 9.64 Å². The first-order valence-electron chi connectivity index (χ1n) is 11.6. The maximum atomic E-state index is 15.3. The van der Waals surface area contributed by atoms with Crippen LogP contribution in [0.4, 0.5) is 23.2 Å². The molecule has 0 spiro atoms. The van der Waals surface area contributed by atoms with Crippen molar-refractivity contribution in [1.82, 2.24) is 20.0 Å². The Morgan fingerprint density at radius 1 is 1.07 bits per heavy atom. The smallest absolute Gasteiger partial charge is 0.421 e. The second-order valence-corrected chi connectivity index (χ2v) is 8.78. The molecule has 0 saturated carbocycles. The van der Waals surface area contributed by atoms with Crippen molar-refractivity contribution >= 4 is 17.6 Å². The molecular formula is C26H21F4N5O5. The number of hydrogen-bond donors (Lipinski definition) is 2. The van der Waals surface area contributed by atoms with E-state index in [-0.39, 0.29) is 29.1 Å². The summed E-state index contributed by atoms with van der Waals surface area (Å²) >= 11 is 0. The molecule has 208 valence electrons. The minimum atomic E-state index is -4.95. The molecule has 2 heterocycles. The number of benzene rings is 2. The lowest BCUT2D eigenvalue weighted by Gasteiger charge is -2.28. The number of rotatable bonds is 8. The second kappa shape index (κ2) is 11.0. The molecule has 40 heavy (non-hydrogen) atoms. The van der Waals surface area contributed by atoms with Gasteiger partial charge in [-0.2, -0.15) is 28.2 Å². The van der Waals surface area contributed by atoms with Crippen LogP contribution in [-0.4, -0.2) is 48.1 Å². The Morgan fingerprint density at radius 2 is 1.73 bits per heavy atom. The van der Waals surface area contributed by atoms with Gasteiger partial charge in [0.05, 0.1) is 30.2 Å². The molecule has 0 unspecified atom stereocenters. The first-order valence-corrected chi connectivity index (χ1v) is 11.6. The van der Waals surface area contributed by atoms with E-state index >= 15 is 4.39 Å². The van der Waals surface area contributed by atoms with Gasteiger partial charge in [-0.3, -0.25) is 4.79 Å². The third kappa shape index (κ3) is 6.00. The summed E-state index contributed by atoms with van der Waals surface area (Å²) in [5.74, 6) is -5.48. The first-order chi connectivity index (χ1) is 18.8. The lowest BCUT2D eigenvalue weighted by atomic mass is 10.1. The third-order valence-electron chi connectivity index (χ3n) is 5.60. The van der Waals surface area contributed by atoms with E-state index in [2.05, 4.69) is 15.2 Å². The van der Waals surface area contributed by atoms with Gasteiger partial charge >= 0.3 is 12.1 Å². The third-order valence-corrected chi connectivity index (χ3v) is 5.60. The number of carboxylic acid groups (broad SMARTS) is 1. The Morgan fingerprint density at radius 3 is 2.30 bits per heavy atom. The van der Waals surface area contributed by atoms with E-state index in [9.17, 15) is 33.0 Å². The Bertz CT molecular complexity index is 1540. The number of phenols is 1. The average Bonchev–Trinajstić information content (AvgIpc) is 3.39. The fraction of sp³-hybridized carbons (Fsp3) is 0.192. The SMILES string of the molecule is CC(C)N(C(=O)c1ccc(O)cc1)c1cc(F)c(Oc2ncc(Cn3nccn3)cc2C(F)(F)F)cc1C(=O)O. The van der Waals surface area contributed by atoms with Gasteiger partial charge in [-0.05, 0) is 49.7 Å². The number of anilines is 1. The first kappa shape index (κ1) is 28.0. The standard InChI is InChI=1S/C26H21F4N5O5/c1-14(2)35(24(37)16-3-5-17(36)6-4-16)21-11-20(27)22(10-18(21)25(38)39)40-23-19(26(28,29)30)9-15(12-31-23)13-34-32-7-8-33-34/h3-12,14,36H,13H2,1-2H3,(H,38,39). The van der Waals surface area contributed by atoms with Crippen LogP contribution in [0.1, 0.15) is 45.7 Å². The highest BCUT2D eigenvalue weighted by molar-refractivity contribution is 6.09. The molecule has 0 aliphatic rings. The van der Waals surface area contributed by atoms with Crippen LogP contribution in [0.3, 0.4) is 0 Å². The van der Waals surface area contributed by atoms with Crippen LogP contribution in [-0.2, 0) is 12.7 Å². The summed E-state index contributed by atoms with van der Waals surface area (Å²) in [6.07, 6.45) is -1.19. The normalized spacial score (nSPS) is 11.5. The highest BCUT2D eigenvalue weighted by atomic mass is 19.4. The van der Waals surface area contributed by atoms with Crippen molar-refractivity contribution < 1.29 is 42.1 Å². The van der Waals surface area contributed by atoms with E-state index in [1.54, 1.807) is 13.8 Å². The molecular weight excluding hydrogens is 538 g/mol. The van der Waals surface area contributed by atoms with E-state index < -0.39 is 52.7 Å². The molecule has 2 aromatic heterocycles. The molecule has 0 aliphatic heterocycles. The number of carbonyl (C=O) groups is 2. The van der Waals surface area contributed by atoms with E-state index in [1.807, 2.05) is 0 Å². The number of aromatic carboxylic acids is 1. The van der Waals surface area contributed by atoms with Crippen LogP contribution >= 0.6 is 0 Å². The molecule has 1 amide bonds. The number of hydrogen-bond acceptors (Lipinski definition) is 7. The van der Waals surface area contributed by atoms with Gasteiger partial charge in [0, 0.05) is 29.9 Å². The minimum absolute atomic E-state index is 0.0768. The number of amides is 1. The van der Waals surface area contributed by atoms with Crippen molar-refractivity contribution in [1.29, 1.82) is 0 Å². The van der Waals surface area contributed by atoms with Gasteiger partial charge in [0.1, 0.15) is 11.3 Å². The zero-order chi connectivity index (χ0) is 29.2. The molecule has 10 nitrogen and oxygen atoms in total. The number of pyridine rings is 1. The number of ether oxygens (including phenoxy) is 1. The van der Waals surface area contributed by atoms with Crippen LogP contribution in [0.25, 0.3) is 0 Å². The number of carboxylic acids is 1. The molecule has 4 aromatic rings. The van der Waals surface area contributed by atoms with Crippen LogP contribution in [0.15, 0.2) is 61.1 Å². The molecule has 4 rings (SSSR count). The number of carbonyl (C=O) groups excluding carboxylic acids is 1. The van der Waals surface area contributed by atoms with Gasteiger partial charge < -0.3 is 19.8 Å². The number of aromatic nitrogens is 4. The zero-order valence-corrected chi connectivity index (χ0v) is 20.9. The summed E-state index contributed by atoms with van der Waals surface area (Å²) in [6.45, 7) is 2.99. The Balaban J connectivity index is 1.74. The summed E-state index contributed by atoms with van der Waals surface area (Å²) in [5, 5.41) is 27.0. The number of alkyl halides is 3. The minimum Gasteiger partial charge on any atom is -0.508 e. The fourth-order valence-corrected chi connectivity index (χ4v) is 3.82. The molecule has 0 aliphatic carbocycles. The van der Waals surface area contributed by atoms with Gasteiger partial charge in [-0.25, -0.2) is 14.2 Å². The molecule has 14 heteroatoms. The van der Waals surface area contributed by atoms with E-state index in [0.717, 1.165) is 22.0 Å². The Labute approximate surface area is 224 Å². The van der Waals surface area contributed by atoms with Crippen molar-refractivity contribution in [2.45, 2.75) is 32.6 Å². The summed E-state index contributed by atoms with van der Waals surface area (Å²) in [4.78, 5) is 31.2. The van der Waals surface area contributed by atoms with Gasteiger partial charge in [0.2, 0.25) is 5.88 Å². The predicted octanol–water partition coefficient (Wildman–Crippen LogP) is 5.13. The number of nitrogens with zero attached hydrogens (tertiary/aromatic N) is 5. The van der Waals surface area contributed by atoms with Crippen molar-refractivity contribution in [3.63, 3.8) is 0 Å².